The highest BCUT2D eigenvalue weighted by molar-refractivity contribution is 5.46. The fourth-order valence-electron chi connectivity index (χ4n) is 1.71. The van der Waals surface area contributed by atoms with Crippen LogP contribution in [0, 0.1) is 6.92 Å². The Hall–Kier alpha value is -1.69. The Morgan fingerprint density at radius 1 is 1.56 bits per heavy atom. The van der Waals surface area contributed by atoms with Crippen LogP contribution in [-0.4, -0.2) is 39.2 Å². The molecule has 2 N–H and O–H groups in total. The number of hydrogen-bond acceptors (Lipinski definition) is 5. The predicted octanol–water partition coefficient (Wildman–Crippen LogP) is 0.216. The minimum atomic E-state index is 0.108. The molecule has 1 unspecified atom stereocenters. The Labute approximate surface area is 94.1 Å². The summed E-state index contributed by atoms with van der Waals surface area (Å²) in [5, 5.41) is 4.15. The first kappa shape index (κ1) is 10.8. The third-order valence-corrected chi connectivity index (χ3v) is 2.31. The summed E-state index contributed by atoms with van der Waals surface area (Å²) >= 11 is 0. The highest BCUT2D eigenvalue weighted by atomic mass is 15.4. The van der Waals surface area contributed by atoms with Crippen molar-refractivity contribution in [2.75, 3.05) is 18.5 Å². The summed E-state index contributed by atoms with van der Waals surface area (Å²) in [6.07, 6.45) is 1.50. The van der Waals surface area contributed by atoms with Crippen LogP contribution in [0.3, 0.4) is 0 Å². The first-order valence-corrected chi connectivity index (χ1v) is 5.22. The van der Waals surface area contributed by atoms with Gasteiger partial charge in [-0.25, -0.2) is 4.98 Å². The van der Waals surface area contributed by atoms with E-state index >= 15 is 0 Å². The van der Waals surface area contributed by atoms with E-state index in [1.807, 2.05) is 27.0 Å². The molecule has 2 heterocycles. The van der Waals surface area contributed by atoms with Gasteiger partial charge < -0.3 is 10.6 Å². The molecule has 0 spiro atoms. The molecule has 1 atom stereocenters. The SMILES string of the molecule is Cc1cc(N(C)CC(C)N)n2ncnc2n1. The fourth-order valence-corrected chi connectivity index (χ4v) is 1.71. The number of rotatable bonds is 3. The van der Waals surface area contributed by atoms with Crippen molar-refractivity contribution in [1.82, 2.24) is 19.6 Å². The molecule has 0 amide bonds. The standard InChI is InChI=1S/C10H16N6/c1-7(11)5-15(3)9-4-8(2)14-10-12-6-13-16(9)10/h4,6-7H,5,11H2,1-3H3. The van der Waals surface area contributed by atoms with Crippen LogP contribution in [0.2, 0.25) is 0 Å². The molecule has 2 aromatic heterocycles. The van der Waals surface area contributed by atoms with Gasteiger partial charge in [-0.1, -0.05) is 0 Å². The Balaban J connectivity index is 2.45. The molecule has 0 bridgehead atoms. The molecule has 16 heavy (non-hydrogen) atoms. The van der Waals surface area contributed by atoms with Crippen molar-refractivity contribution in [2.45, 2.75) is 19.9 Å². The number of fused-ring (bicyclic) bond motifs is 1. The van der Waals surface area contributed by atoms with E-state index in [1.165, 1.54) is 6.33 Å². The first-order chi connectivity index (χ1) is 7.58. The first-order valence-electron chi connectivity index (χ1n) is 5.22. The molecule has 0 aromatic carbocycles. The van der Waals surface area contributed by atoms with Crippen molar-refractivity contribution in [2.24, 2.45) is 5.73 Å². The molecule has 0 saturated heterocycles. The van der Waals surface area contributed by atoms with E-state index in [0.717, 1.165) is 18.1 Å². The summed E-state index contributed by atoms with van der Waals surface area (Å²) in [5.74, 6) is 1.57. The molecule has 0 fully saturated rings. The number of nitrogens with two attached hydrogens (primary N) is 1. The largest absolute Gasteiger partial charge is 0.358 e. The Bertz CT molecular complexity index is 489. The van der Waals surface area contributed by atoms with Crippen LogP contribution in [-0.2, 0) is 0 Å². The predicted molar refractivity (Wildman–Crippen MR) is 62.4 cm³/mol. The normalized spacial score (nSPS) is 13.0. The fraction of sp³-hybridized carbons (Fsp3) is 0.500. The van der Waals surface area contributed by atoms with E-state index < -0.39 is 0 Å². The summed E-state index contributed by atoms with van der Waals surface area (Å²) in [4.78, 5) is 10.4. The summed E-state index contributed by atoms with van der Waals surface area (Å²) in [5.41, 5.74) is 6.71. The van der Waals surface area contributed by atoms with Gasteiger partial charge >= 0.3 is 0 Å². The number of likely N-dealkylation sites (N-methyl/N-ethyl adjacent to an activating group) is 1. The van der Waals surface area contributed by atoms with E-state index in [1.54, 1.807) is 4.52 Å². The maximum absolute atomic E-state index is 5.79. The molecule has 0 aliphatic carbocycles. The zero-order chi connectivity index (χ0) is 11.7. The lowest BCUT2D eigenvalue weighted by molar-refractivity contribution is 0.701. The van der Waals surface area contributed by atoms with E-state index in [-0.39, 0.29) is 6.04 Å². The Morgan fingerprint density at radius 3 is 3.00 bits per heavy atom. The quantitative estimate of drug-likeness (QED) is 0.801. The zero-order valence-electron chi connectivity index (χ0n) is 9.75. The van der Waals surface area contributed by atoms with Crippen LogP contribution in [0.4, 0.5) is 5.82 Å². The third-order valence-electron chi connectivity index (χ3n) is 2.31. The van der Waals surface area contributed by atoms with E-state index in [2.05, 4.69) is 20.0 Å². The molecular formula is C10H16N6. The van der Waals surface area contributed by atoms with Gasteiger partial charge in [0.25, 0.3) is 5.78 Å². The molecule has 6 heteroatoms. The van der Waals surface area contributed by atoms with Crippen molar-refractivity contribution in [1.29, 1.82) is 0 Å². The average molecular weight is 220 g/mol. The molecule has 0 aliphatic heterocycles. The second-order valence-electron chi connectivity index (χ2n) is 4.09. The van der Waals surface area contributed by atoms with E-state index in [4.69, 9.17) is 5.73 Å². The maximum atomic E-state index is 5.79. The number of nitrogens with zero attached hydrogens (tertiary/aromatic N) is 5. The van der Waals surface area contributed by atoms with Crippen molar-refractivity contribution in [3.05, 3.63) is 18.1 Å². The highest BCUT2D eigenvalue weighted by Crippen LogP contribution is 2.14. The van der Waals surface area contributed by atoms with Gasteiger partial charge in [0.2, 0.25) is 0 Å². The van der Waals surface area contributed by atoms with E-state index in [9.17, 15) is 0 Å². The zero-order valence-corrected chi connectivity index (χ0v) is 9.75. The van der Waals surface area contributed by atoms with Gasteiger partial charge in [-0.3, -0.25) is 0 Å². The van der Waals surface area contributed by atoms with E-state index in [0.29, 0.717) is 5.78 Å². The van der Waals surface area contributed by atoms with Crippen molar-refractivity contribution in [3.63, 3.8) is 0 Å². The molecule has 2 aromatic rings. The average Bonchev–Trinajstić information content (AvgIpc) is 2.62. The number of anilines is 1. The van der Waals surface area contributed by atoms with Crippen LogP contribution in [0.25, 0.3) is 5.78 Å². The minimum absolute atomic E-state index is 0.108. The van der Waals surface area contributed by atoms with Crippen LogP contribution in [0.5, 0.6) is 0 Å². The van der Waals surface area contributed by atoms with Crippen molar-refractivity contribution >= 4 is 11.6 Å². The van der Waals surface area contributed by atoms with Crippen LogP contribution < -0.4 is 10.6 Å². The number of aryl methyl sites for hydroxylation is 1. The van der Waals surface area contributed by atoms with Crippen LogP contribution >= 0.6 is 0 Å². The molecular weight excluding hydrogens is 204 g/mol. The lowest BCUT2D eigenvalue weighted by atomic mass is 10.3. The summed E-state index contributed by atoms with van der Waals surface area (Å²) in [7, 11) is 1.99. The topological polar surface area (TPSA) is 72.3 Å². The van der Waals surface area contributed by atoms with Crippen molar-refractivity contribution in [3.8, 4) is 0 Å². The van der Waals surface area contributed by atoms with Crippen LogP contribution in [0.15, 0.2) is 12.4 Å². The summed E-state index contributed by atoms with van der Waals surface area (Å²) < 4.78 is 1.72. The highest BCUT2D eigenvalue weighted by Gasteiger charge is 2.10. The second kappa shape index (κ2) is 4.05. The lowest BCUT2D eigenvalue weighted by Crippen LogP contribution is -2.34. The lowest BCUT2D eigenvalue weighted by Gasteiger charge is -2.21. The molecule has 0 saturated carbocycles. The molecule has 6 nitrogen and oxygen atoms in total. The third kappa shape index (κ3) is 1.96. The second-order valence-corrected chi connectivity index (χ2v) is 4.09. The van der Waals surface area contributed by atoms with Crippen molar-refractivity contribution < 1.29 is 0 Å². The van der Waals surface area contributed by atoms with Gasteiger partial charge in [0.1, 0.15) is 12.1 Å². The monoisotopic (exact) mass is 220 g/mol. The summed E-state index contributed by atoms with van der Waals surface area (Å²) in [6.45, 7) is 4.68. The molecule has 86 valence electrons. The maximum Gasteiger partial charge on any atom is 0.254 e. The van der Waals surface area contributed by atoms with Gasteiger partial charge in [-0.2, -0.15) is 14.6 Å². The molecule has 0 aliphatic rings. The Morgan fingerprint density at radius 2 is 2.31 bits per heavy atom. The van der Waals surface area contributed by atoms with Crippen LogP contribution in [0.1, 0.15) is 12.6 Å². The van der Waals surface area contributed by atoms with Gasteiger partial charge in [0, 0.05) is 31.4 Å². The smallest absolute Gasteiger partial charge is 0.254 e. The van der Waals surface area contributed by atoms with Gasteiger partial charge in [0.15, 0.2) is 0 Å². The minimum Gasteiger partial charge on any atom is -0.358 e. The van der Waals surface area contributed by atoms with Gasteiger partial charge in [0.05, 0.1) is 0 Å². The number of hydrogen-bond donors (Lipinski definition) is 1. The van der Waals surface area contributed by atoms with Gasteiger partial charge in [-0.15, -0.1) is 0 Å². The molecule has 0 radical (unpaired) electrons. The number of aromatic nitrogens is 4. The Kier molecular flexibility index (Phi) is 2.74. The van der Waals surface area contributed by atoms with Gasteiger partial charge in [-0.05, 0) is 13.8 Å². The summed E-state index contributed by atoms with van der Waals surface area (Å²) in [6, 6.07) is 2.08. The molecule has 2 rings (SSSR count).